The highest BCUT2D eigenvalue weighted by Crippen LogP contribution is 2.47. The molecule has 0 radical (unpaired) electrons. The molecule has 9 aromatic carbocycles. The quantitative estimate of drug-likeness (QED) is 0.163. The van der Waals surface area contributed by atoms with Gasteiger partial charge in [-0.15, -0.1) is 11.3 Å². The minimum absolute atomic E-state index is 0.145. The number of para-hydroxylation sites is 2. The lowest BCUT2D eigenvalue weighted by Gasteiger charge is -2.19. The third-order valence-corrected chi connectivity index (χ3v) is 12.0. The van der Waals surface area contributed by atoms with Gasteiger partial charge in [-0.3, -0.25) is 4.57 Å². The molecule has 2 nitrogen and oxygen atoms in total. The van der Waals surface area contributed by atoms with Crippen LogP contribution in [0.1, 0.15) is 19.5 Å². The molecule has 254 valence electrons. The van der Waals surface area contributed by atoms with Gasteiger partial charge in [0.05, 0.1) is 11.0 Å². The Morgan fingerprint density at radius 1 is 0.500 bits per heavy atom. The van der Waals surface area contributed by atoms with Crippen molar-refractivity contribution < 1.29 is 6.85 Å². The van der Waals surface area contributed by atoms with Crippen LogP contribution < -0.4 is 0 Å². The van der Waals surface area contributed by atoms with E-state index >= 15 is 0 Å². The number of imidazole rings is 1. The first-order chi connectivity index (χ1) is 28.6. The summed E-state index contributed by atoms with van der Waals surface area (Å²) in [6.07, 6.45) is -2.68. The topological polar surface area (TPSA) is 17.8 Å². The molecule has 3 heteroatoms. The third kappa shape index (κ3) is 4.82. The van der Waals surface area contributed by atoms with E-state index in [1.165, 1.54) is 42.1 Å². The van der Waals surface area contributed by atoms with E-state index in [-0.39, 0.29) is 5.82 Å². The molecule has 11 rings (SSSR count). The van der Waals surface area contributed by atoms with Gasteiger partial charge in [-0.25, -0.2) is 4.98 Å². The molecule has 11 aromatic rings. The van der Waals surface area contributed by atoms with Gasteiger partial charge in [-0.05, 0) is 120 Å². The lowest BCUT2D eigenvalue weighted by Crippen LogP contribution is -2.00. The van der Waals surface area contributed by atoms with Crippen molar-refractivity contribution in [1.29, 1.82) is 0 Å². The van der Waals surface area contributed by atoms with Crippen molar-refractivity contribution >= 4 is 74.9 Å². The van der Waals surface area contributed by atoms with Crippen LogP contribution in [0.15, 0.2) is 176 Å². The zero-order chi connectivity index (χ0) is 40.0. The molecule has 0 N–H and O–H groups in total. The highest BCUT2D eigenvalue weighted by molar-refractivity contribution is 7.25. The van der Waals surface area contributed by atoms with E-state index in [1.807, 2.05) is 47.7 Å². The normalized spacial score (nSPS) is 13.7. The van der Waals surface area contributed by atoms with E-state index < -0.39 is 13.2 Å². The number of thiophene rings is 1. The van der Waals surface area contributed by atoms with Gasteiger partial charge in [-0.1, -0.05) is 128 Å². The number of aryl methyl sites for hydroxylation is 1. The molecule has 0 aliphatic carbocycles. The largest absolute Gasteiger partial charge is 0.296 e. The van der Waals surface area contributed by atoms with E-state index in [1.54, 1.807) is 10.6 Å². The summed E-state index contributed by atoms with van der Waals surface area (Å²) in [7, 11) is 0. The van der Waals surface area contributed by atoms with Gasteiger partial charge in [0.1, 0.15) is 5.82 Å². The van der Waals surface area contributed by atoms with E-state index in [2.05, 4.69) is 138 Å². The van der Waals surface area contributed by atoms with Crippen LogP contribution in [0, 0.1) is 0 Å². The molecule has 0 spiro atoms. The second-order valence-electron chi connectivity index (χ2n) is 13.9. The van der Waals surface area contributed by atoms with Gasteiger partial charge in [0, 0.05) is 39.1 Å². The lowest BCUT2D eigenvalue weighted by atomic mass is 9.84. The Balaban J connectivity index is 1.13. The molecular formula is C51H34N2S. The maximum Gasteiger partial charge on any atom is 0.114 e. The van der Waals surface area contributed by atoms with Crippen molar-refractivity contribution in [1.82, 2.24) is 9.55 Å². The summed E-state index contributed by atoms with van der Waals surface area (Å²) in [5.74, 6) is -0.145. The van der Waals surface area contributed by atoms with E-state index in [4.69, 9.17) is 6.85 Å². The Labute approximate surface area is 324 Å². The average molecular weight is 712 g/mol. The zero-order valence-corrected chi connectivity index (χ0v) is 29.9. The molecule has 54 heavy (non-hydrogen) atoms. The molecule has 0 aliphatic rings. The summed E-state index contributed by atoms with van der Waals surface area (Å²) < 4.78 is 45.7. The van der Waals surface area contributed by atoms with Crippen LogP contribution in [0.25, 0.3) is 103 Å². The summed E-state index contributed by atoms with van der Waals surface area (Å²) in [5.41, 5.74) is 8.76. The second-order valence-corrected chi connectivity index (χ2v) is 14.9. The highest BCUT2D eigenvalue weighted by atomic mass is 32.1. The summed E-state index contributed by atoms with van der Waals surface area (Å²) >= 11 is 1.83. The number of benzene rings is 9. The predicted molar refractivity (Wildman–Crippen MR) is 232 cm³/mol. The fourth-order valence-electron chi connectivity index (χ4n) is 8.39. The molecule has 0 unspecified atom stereocenters. The molecule has 2 heterocycles. The van der Waals surface area contributed by atoms with Crippen molar-refractivity contribution in [2.24, 2.45) is 0 Å². The number of hydrogen-bond acceptors (Lipinski definition) is 2. The highest BCUT2D eigenvalue weighted by Gasteiger charge is 2.19. The Morgan fingerprint density at radius 3 is 2.00 bits per heavy atom. The minimum atomic E-state index is -2.91. The summed E-state index contributed by atoms with van der Waals surface area (Å²) in [4.78, 5) is 4.53. The molecule has 0 atom stereocenters. The van der Waals surface area contributed by atoms with Crippen LogP contribution in [-0.2, 0) is 6.37 Å². The van der Waals surface area contributed by atoms with Crippen LogP contribution in [0.4, 0.5) is 0 Å². The van der Waals surface area contributed by atoms with Crippen LogP contribution in [-0.4, -0.2) is 9.55 Å². The summed E-state index contributed by atoms with van der Waals surface area (Å²) in [6, 6.07) is 61.5. The Morgan fingerprint density at radius 2 is 1.13 bits per heavy atom. The number of rotatable bonds is 5. The maximum atomic E-state index is 8.67. The Bertz CT molecular complexity index is 3470. The van der Waals surface area contributed by atoms with Gasteiger partial charge in [0.2, 0.25) is 0 Å². The molecule has 0 fully saturated rings. The molecule has 2 aromatic heterocycles. The number of hydrogen-bond donors (Lipinski definition) is 0. The van der Waals surface area contributed by atoms with Crippen LogP contribution >= 0.6 is 11.3 Å². The van der Waals surface area contributed by atoms with Crippen molar-refractivity contribution in [2.45, 2.75) is 13.2 Å². The molecule has 0 saturated carbocycles. The first-order valence-electron chi connectivity index (χ1n) is 20.6. The molecule has 0 aliphatic heterocycles. The van der Waals surface area contributed by atoms with Crippen molar-refractivity contribution in [3.05, 3.63) is 182 Å². The molecular weight excluding hydrogens is 673 g/mol. The fourth-order valence-corrected chi connectivity index (χ4v) is 9.48. The Hall–Kier alpha value is -6.55. The van der Waals surface area contributed by atoms with Crippen molar-refractivity contribution in [3.8, 4) is 39.1 Å². The zero-order valence-electron chi connectivity index (χ0n) is 34.0. The lowest BCUT2D eigenvalue weighted by molar-refractivity contribution is 0.909. The SMILES string of the molecule is [2H]C([2H])([2H])C([2H])([2H])c1nc2ccccc2n1-c1ccc2cc(-c3c4ccccc4c(-c4ccc5sc6ccccc6c5c4)c4cc(-c5ccccc5)ccc34)ccc2c1. The average Bonchev–Trinajstić information content (AvgIpc) is 3.84. The molecule has 0 saturated heterocycles. The monoisotopic (exact) mass is 711 g/mol. The Kier molecular flexibility index (Phi) is 5.96. The van der Waals surface area contributed by atoms with E-state index in [0.29, 0.717) is 16.7 Å². The number of fused-ring (bicyclic) bond motifs is 7. The molecule has 0 bridgehead atoms. The minimum Gasteiger partial charge on any atom is -0.296 e. The third-order valence-electron chi connectivity index (χ3n) is 10.8. The van der Waals surface area contributed by atoms with Gasteiger partial charge in [-0.2, -0.15) is 0 Å². The van der Waals surface area contributed by atoms with Crippen molar-refractivity contribution in [2.75, 3.05) is 0 Å². The predicted octanol–water partition coefficient (Wildman–Crippen LogP) is 14.4. The van der Waals surface area contributed by atoms with E-state index in [0.717, 1.165) is 43.8 Å². The van der Waals surface area contributed by atoms with Crippen LogP contribution in [0.3, 0.4) is 0 Å². The van der Waals surface area contributed by atoms with Crippen LogP contribution in [0.5, 0.6) is 0 Å². The first kappa shape index (κ1) is 26.3. The maximum absolute atomic E-state index is 8.67. The molecule has 0 amide bonds. The number of nitrogens with zero attached hydrogens (tertiary/aromatic N) is 2. The standard InChI is InChI=1S/C51H34N2S/c1-2-49-52-45-17-9-10-18-46(45)53(49)38-25-22-33-28-36(21-20-34(33)29-38)50-40-15-6-7-16-41(40)51(44-30-35(23-26-42(44)50)32-12-4-3-5-13-32)37-24-27-48-43(31-37)39-14-8-11-19-47(39)54-48/h3-31H,2H2,1H3/i1D3,2D2. The van der Waals surface area contributed by atoms with Gasteiger partial charge >= 0.3 is 0 Å². The van der Waals surface area contributed by atoms with Crippen molar-refractivity contribution in [3.63, 3.8) is 0 Å². The van der Waals surface area contributed by atoms with Gasteiger partial charge < -0.3 is 0 Å². The van der Waals surface area contributed by atoms with Crippen LogP contribution in [0.2, 0.25) is 0 Å². The second kappa shape index (κ2) is 12.3. The summed E-state index contributed by atoms with van der Waals surface area (Å²) in [5, 5.41) is 9.17. The number of aromatic nitrogens is 2. The van der Waals surface area contributed by atoms with E-state index in [9.17, 15) is 0 Å². The van der Waals surface area contributed by atoms with Gasteiger partial charge in [0.15, 0.2) is 0 Å². The fraction of sp³-hybridized carbons (Fsp3) is 0.0392. The smallest absolute Gasteiger partial charge is 0.114 e. The summed E-state index contributed by atoms with van der Waals surface area (Å²) in [6.45, 7) is -2.91. The first-order valence-corrected chi connectivity index (χ1v) is 18.9. The van der Waals surface area contributed by atoms with Gasteiger partial charge in [0.25, 0.3) is 0 Å².